The highest BCUT2D eigenvalue weighted by Crippen LogP contribution is 1.98. The molecule has 1 aromatic rings. The van der Waals surface area contributed by atoms with Crippen molar-refractivity contribution in [3.05, 3.63) is 18.0 Å². The zero-order valence-corrected chi connectivity index (χ0v) is 10.1. The van der Waals surface area contributed by atoms with Crippen molar-refractivity contribution in [3.63, 3.8) is 0 Å². The topological polar surface area (TPSA) is 29.9 Å². The Morgan fingerprint density at radius 3 is 2.87 bits per heavy atom. The van der Waals surface area contributed by atoms with Gasteiger partial charge in [-0.05, 0) is 12.5 Å². The van der Waals surface area contributed by atoms with E-state index in [2.05, 4.69) is 24.3 Å². The molecule has 0 saturated carbocycles. The molecule has 1 aromatic heterocycles. The van der Waals surface area contributed by atoms with E-state index in [1.807, 2.05) is 6.20 Å². The summed E-state index contributed by atoms with van der Waals surface area (Å²) in [4.78, 5) is 0. The van der Waals surface area contributed by atoms with Crippen LogP contribution in [0.15, 0.2) is 12.4 Å². The number of alkyl halides is 1. The van der Waals surface area contributed by atoms with Crippen molar-refractivity contribution in [1.82, 2.24) is 15.1 Å². The molecule has 0 radical (unpaired) electrons. The Bertz CT molecular complexity index is 263. The molecule has 0 aliphatic rings. The van der Waals surface area contributed by atoms with Gasteiger partial charge in [-0.25, -0.2) is 4.39 Å². The number of rotatable bonds is 6. The monoisotopic (exact) mass is 235 g/mol. The van der Waals surface area contributed by atoms with Gasteiger partial charge in [0.25, 0.3) is 0 Å². The minimum atomic E-state index is -0.361. The van der Waals surface area contributed by atoms with Gasteiger partial charge in [-0.2, -0.15) is 5.10 Å². The number of aryl methyl sites for hydroxylation is 1. The number of nitrogens with zero attached hydrogens (tertiary/aromatic N) is 2. The van der Waals surface area contributed by atoms with Crippen LogP contribution in [0, 0.1) is 5.92 Å². The summed E-state index contributed by atoms with van der Waals surface area (Å²) in [5, 5.41) is 7.35. The normalized spacial score (nSPS) is 10.4. The molecule has 0 amide bonds. The summed E-state index contributed by atoms with van der Waals surface area (Å²) in [6, 6.07) is 0. The van der Waals surface area contributed by atoms with E-state index in [0.717, 1.165) is 18.7 Å². The highest BCUT2D eigenvalue weighted by atomic mass is 35.5. The van der Waals surface area contributed by atoms with Crippen LogP contribution in [-0.4, -0.2) is 23.0 Å². The highest BCUT2D eigenvalue weighted by molar-refractivity contribution is 5.85. The molecule has 0 unspecified atom stereocenters. The second-order valence-electron chi connectivity index (χ2n) is 3.83. The van der Waals surface area contributed by atoms with E-state index in [4.69, 9.17) is 0 Å². The first-order valence-electron chi connectivity index (χ1n) is 5.00. The van der Waals surface area contributed by atoms with Gasteiger partial charge in [-0.15, -0.1) is 12.4 Å². The van der Waals surface area contributed by atoms with Crippen LogP contribution < -0.4 is 5.32 Å². The van der Waals surface area contributed by atoms with Crippen LogP contribution in [-0.2, 0) is 13.1 Å². The van der Waals surface area contributed by atoms with Crippen molar-refractivity contribution in [2.75, 3.05) is 13.2 Å². The van der Waals surface area contributed by atoms with Gasteiger partial charge < -0.3 is 5.32 Å². The summed E-state index contributed by atoms with van der Waals surface area (Å²) in [5.74, 6) is 0.649. The van der Waals surface area contributed by atoms with Gasteiger partial charge in [-0.3, -0.25) is 4.68 Å². The van der Waals surface area contributed by atoms with Gasteiger partial charge in [0.1, 0.15) is 6.67 Å². The first-order chi connectivity index (χ1) is 6.72. The lowest BCUT2D eigenvalue weighted by atomic mass is 10.2. The van der Waals surface area contributed by atoms with Crippen LogP contribution in [0.5, 0.6) is 0 Å². The molecule has 0 spiro atoms. The molecule has 0 aromatic carbocycles. The van der Waals surface area contributed by atoms with E-state index in [1.165, 1.54) is 0 Å². The summed E-state index contributed by atoms with van der Waals surface area (Å²) < 4.78 is 13.6. The Kier molecular flexibility index (Phi) is 7.34. The lowest BCUT2D eigenvalue weighted by molar-refractivity contribution is 0.427. The Hall–Kier alpha value is -0.610. The third kappa shape index (κ3) is 5.74. The standard InChI is InChI=1S/C10H18FN3.ClH/c1-9(2)5-12-6-10-7-13-14(8-10)4-3-11;/h7-9,12H,3-6H2,1-2H3;1H. The third-order valence-corrected chi connectivity index (χ3v) is 1.88. The average Bonchev–Trinajstić information content (AvgIpc) is 2.53. The molecule has 1 N–H and O–H groups in total. The van der Waals surface area contributed by atoms with E-state index in [0.29, 0.717) is 12.5 Å². The van der Waals surface area contributed by atoms with E-state index < -0.39 is 0 Å². The zero-order chi connectivity index (χ0) is 10.4. The Morgan fingerprint density at radius 2 is 2.27 bits per heavy atom. The predicted molar refractivity (Wildman–Crippen MR) is 62.0 cm³/mol. The third-order valence-electron chi connectivity index (χ3n) is 1.88. The summed E-state index contributed by atoms with van der Waals surface area (Å²) in [7, 11) is 0. The average molecular weight is 236 g/mol. The summed E-state index contributed by atoms with van der Waals surface area (Å²) in [6.45, 7) is 6.13. The van der Waals surface area contributed by atoms with Crippen LogP contribution in [0.3, 0.4) is 0 Å². The van der Waals surface area contributed by atoms with Crippen molar-refractivity contribution >= 4 is 12.4 Å². The van der Waals surface area contributed by atoms with Crippen molar-refractivity contribution < 1.29 is 4.39 Å². The van der Waals surface area contributed by atoms with Gasteiger partial charge in [-0.1, -0.05) is 13.8 Å². The molecular formula is C10H19ClFN3. The van der Waals surface area contributed by atoms with Crippen molar-refractivity contribution in [2.24, 2.45) is 5.92 Å². The Morgan fingerprint density at radius 1 is 1.53 bits per heavy atom. The molecule has 0 saturated heterocycles. The largest absolute Gasteiger partial charge is 0.312 e. The molecule has 1 heterocycles. The van der Waals surface area contributed by atoms with Gasteiger partial charge in [0.2, 0.25) is 0 Å². The van der Waals surface area contributed by atoms with Crippen molar-refractivity contribution in [2.45, 2.75) is 26.9 Å². The lowest BCUT2D eigenvalue weighted by Crippen LogP contribution is -2.18. The summed E-state index contributed by atoms with van der Waals surface area (Å²) >= 11 is 0. The molecule has 15 heavy (non-hydrogen) atoms. The van der Waals surface area contributed by atoms with Gasteiger partial charge >= 0.3 is 0 Å². The van der Waals surface area contributed by atoms with Gasteiger partial charge in [0.05, 0.1) is 12.7 Å². The van der Waals surface area contributed by atoms with Crippen molar-refractivity contribution in [1.29, 1.82) is 0 Å². The fourth-order valence-electron chi connectivity index (χ4n) is 1.21. The van der Waals surface area contributed by atoms with Gasteiger partial charge in [0, 0.05) is 18.3 Å². The predicted octanol–water partition coefficient (Wildman–Crippen LogP) is 2.02. The fraction of sp³-hybridized carbons (Fsp3) is 0.700. The minimum absolute atomic E-state index is 0. The lowest BCUT2D eigenvalue weighted by Gasteiger charge is -2.04. The number of aromatic nitrogens is 2. The minimum Gasteiger partial charge on any atom is -0.312 e. The van der Waals surface area contributed by atoms with E-state index >= 15 is 0 Å². The second kappa shape index (κ2) is 7.65. The highest BCUT2D eigenvalue weighted by Gasteiger charge is 1.98. The van der Waals surface area contributed by atoms with E-state index in [1.54, 1.807) is 10.9 Å². The maximum Gasteiger partial charge on any atom is 0.109 e. The maximum absolute atomic E-state index is 12.0. The molecule has 0 fully saturated rings. The SMILES string of the molecule is CC(C)CNCc1cnn(CCF)c1.Cl. The van der Waals surface area contributed by atoms with Crippen molar-refractivity contribution in [3.8, 4) is 0 Å². The smallest absolute Gasteiger partial charge is 0.109 e. The van der Waals surface area contributed by atoms with E-state index in [-0.39, 0.29) is 19.1 Å². The number of hydrogen-bond donors (Lipinski definition) is 1. The quantitative estimate of drug-likeness (QED) is 0.818. The molecule has 1 rings (SSSR count). The van der Waals surface area contributed by atoms with Crippen LogP contribution >= 0.6 is 12.4 Å². The number of nitrogens with one attached hydrogen (secondary N) is 1. The zero-order valence-electron chi connectivity index (χ0n) is 9.24. The van der Waals surface area contributed by atoms with E-state index in [9.17, 15) is 4.39 Å². The first kappa shape index (κ1) is 14.4. The fourth-order valence-corrected chi connectivity index (χ4v) is 1.21. The van der Waals surface area contributed by atoms with Crippen LogP contribution in [0.25, 0.3) is 0 Å². The Labute approximate surface area is 96.5 Å². The Balaban J connectivity index is 0.00000196. The summed E-state index contributed by atoms with van der Waals surface area (Å²) in [5.41, 5.74) is 1.11. The van der Waals surface area contributed by atoms with Crippen LogP contribution in [0.1, 0.15) is 19.4 Å². The van der Waals surface area contributed by atoms with Crippen LogP contribution in [0.4, 0.5) is 4.39 Å². The molecule has 3 nitrogen and oxygen atoms in total. The molecule has 5 heteroatoms. The first-order valence-corrected chi connectivity index (χ1v) is 5.00. The second-order valence-corrected chi connectivity index (χ2v) is 3.83. The number of halogens is 2. The van der Waals surface area contributed by atoms with Crippen LogP contribution in [0.2, 0.25) is 0 Å². The molecule has 0 aliphatic carbocycles. The summed E-state index contributed by atoms with van der Waals surface area (Å²) in [6.07, 6.45) is 3.66. The number of hydrogen-bond acceptors (Lipinski definition) is 2. The molecule has 0 bridgehead atoms. The molecule has 88 valence electrons. The molecule has 0 atom stereocenters. The molecular weight excluding hydrogens is 217 g/mol. The molecule has 0 aliphatic heterocycles. The van der Waals surface area contributed by atoms with Gasteiger partial charge in [0.15, 0.2) is 0 Å². The maximum atomic E-state index is 12.0.